The van der Waals surface area contributed by atoms with Gasteiger partial charge in [-0.1, -0.05) is 22.0 Å². The molecule has 0 unspecified atom stereocenters. The van der Waals surface area contributed by atoms with Crippen LogP contribution in [0.4, 0.5) is 0 Å². The molecule has 0 atom stereocenters. The fourth-order valence-electron chi connectivity index (χ4n) is 2.68. The molecular formula is C16H23BrN2O3. The second-order valence-electron chi connectivity index (χ2n) is 5.71. The van der Waals surface area contributed by atoms with Crippen LogP contribution in [-0.2, 0) is 9.53 Å². The highest BCUT2D eigenvalue weighted by molar-refractivity contribution is 9.10. The molecule has 1 amide bonds. The van der Waals surface area contributed by atoms with Crippen LogP contribution in [0.2, 0.25) is 0 Å². The van der Waals surface area contributed by atoms with E-state index in [0.29, 0.717) is 18.9 Å². The molecule has 0 aromatic heterocycles. The van der Waals surface area contributed by atoms with Crippen LogP contribution in [0.25, 0.3) is 0 Å². The zero-order valence-electron chi connectivity index (χ0n) is 12.9. The number of rotatable bonds is 7. The Labute approximate surface area is 139 Å². The van der Waals surface area contributed by atoms with Crippen molar-refractivity contribution in [3.8, 4) is 5.75 Å². The first-order valence-corrected chi connectivity index (χ1v) is 8.28. The summed E-state index contributed by atoms with van der Waals surface area (Å²) in [5.41, 5.74) is 0.0332. The molecule has 1 fully saturated rings. The minimum Gasteiger partial charge on any atom is -0.484 e. The topological polar surface area (TPSA) is 59.6 Å². The van der Waals surface area contributed by atoms with Crippen molar-refractivity contribution in [1.82, 2.24) is 10.6 Å². The zero-order valence-corrected chi connectivity index (χ0v) is 14.4. The molecule has 1 aliphatic heterocycles. The van der Waals surface area contributed by atoms with Gasteiger partial charge in [0.1, 0.15) is 5.75 Å². The SMILES string of the molecule is COCC1(CNC(=O)COc2cccc(Br)c2)CCNCC1. The van der Waals surface area contributed by atoms with Gasteiger partial charge in [-0.25, -0.2) is 0 Å². The summed E-state index contributed by atoms with van der Waals surface area (Å²) in [4.78, 5) is 12.0. The standard InChI is InChI=1S/C16H23BrN2O3/c1-21-12-16(5-7-18-8-6-16)11-19-15(20)10-22-14-4-2-3-13(17)9-14/h2-4,9,18H,5-8,10-12H2,1H3,(H,19,20). The second kappa shape index (κ2) is 8.50. The highest BCUT2D eigenvalue weighted by Crippen LogP contribution is 2.28. The number of amides is 1. The first-order chi connectivity index (χ1) is 10.6. The third-order valence-corrected chi connectivity index (χ3v) is 4.43. The van der Waals surface area contributed by atoms with Crippen molar-refractivity contribution < 1.29 is 14.3 Å². The number of nitrogens with one attached hydrogen (secondary N) is 2. The summed E-state index contributed by atoms with van der Waals surface area (Å²) in [5, 5.41) is 6.32. The van der Waals surface area contributed by atoms with E-state index in [4.69, 9.17) is 9.47 Å². The molecule has 22 heavy (non-hydrogen) atoms. The first-order valence-electron chi connectivity index (χ1n) is 7.48. The fourth-order valence-corrected chi connectivity index (χ4v) is 3.06. The van der Waals surface area contributed by atoms with Gasteiger partial charge in [0, 0.05) is 23.5 Å². The molecule has 0 aliphatic carbocycles. The molecule has 2 N–H and O–H groups in total. The molecule has 5 nitrogen and oxygen atoms in total. The van der Waals surface area contributed by atoms with E-state index >= 15 is 0 Å². The Balaban J connectivity index is 1.78. The predicted molar refractivity (Wildman–Crippen MR) is 89.1 cm³/mol. The van der Waals surface area contributed by atoms with E-state index in [1.54, 1.807) is 7.11 Å². The van der Waals surface area contributed by atoms with Crippen molar-refractivity contribution in [2.75, 3.05) is 40.0 Å². The molecule has 1 aromatic rings. The monoisotopic (exact) mass is 370 g/mol. The maximum Gasteiger partial charge on any atom is 0.257 e. The van der Waals surface area contributed by atoms with Gasteiger partial charge in [-0.05, 0) is 44.1 Å². The number of halogens is 1. The van der Waals surface area contributed by atoms with E-state index in [9.17, 15) is 4.79 Å². The number of hydrogen-bond donors (Lipinski definition) is 2. The van der Waals surface area contributed by atoms with Gasteiger partial charge in [0.25, 0.3) is 5.91 Å². The Morgan fingerprint density at radius 1 is 1.41 bits per heavy atom. The van der Waals surface area contributed by atoms with Gasteiger partial charge >= 0.3 is 0 Å². The minimum absolute atomic E-state index is 0.0256. The van der Waals surface area contributed by atoms with E-state index in [1.807, 2.05) is 24.3 Å². The molecule has 1 saturated heterocycles. The highest BCUT2D eigenvalue weighted by atomic mass is 79.9. The number of benzene rings is 1. The van der Waals surface area contributed by atoms with Crippen LogP contribution in [0.5, 0.6) is 5.75 Å². The van der Waals surface area contributed by atoms with Crippen LogP contribution >= 0.6 is 15.9 Å². The molecule has 0 bridgehead atoms. The molecule has 1 aromatic carbocycles. The van der Waals surface area contributed by atoms with Crippen molar-refractivity contribution in [3.63, 3.8) is 0 Å². The van der Waals surface area contributed by atoms with Crippen LogP contribution < -0.4 is 15.4 Å². The van der Waals surface area contributed by atoms with E-state index in [-0.39, 0.29) is 17.9 Å². The Morgan fingerprint density at radius 3 is 2.86 bits per heavy atom. The van der Waals surface area contributed by atoms with E-state index in [1.165, 1.54) is 0 Å². The van der Waals surface area contributed by atoms with Crippen molar-refractivity contribution in [3.05, 3.63) is 28.7 Å². The lowest BCUT2D eigenvalue weighted by molar-refractivity contribution is -0.124. The van der Waals surface area contributed by atoms with Gasteiger partial charge < -0.3 is 20.1 Å². The summed E-state index contributed by atoms with van der Waals surface area (Å²) < 4.78 is 11.8. The lowest BCUT2D eigenvalue weighted by Crippen LogP contribution is -2.47. The van der Waals surface area contributed by atoms with E-state index < -0.39 is 0 Å². The van der Waals surface area contributed by atoms with Crippen molar-refractivity contribution >= 4 is 21.8 Å². The molecule has 1 heterocycles. The Bertz CT molecular complexity index is 485. The third-order valence-electron chi connectivity index (χ3n) is 3.94. The third kappa shape index (κ3) is 5.26. The molecule has 2 rings (SSSR count). The highest BCUT2D eigenvalue weighted by Gasteiger charge is 2.32. The average Bonchev–Trinajstić information content (AvgIpc) is 2.52. The molecule has 0 radical (unpaired) electrons. The summed E-state index contributed by atoms with van der Waals surface area (Å²) in [6.07, 6.45) is 2.02. The molecular weight excluding hydrogens is 348 g/mol. The quantitative estimate of drug-likeness (QED) is 0.770. The largest absolute Gasteiger partial charge is 0.484 e. The second-order valence-corrected chi connectivity index (χ2v) is 6.62. The number of piperidine rings is 1. The van der Waals surface area contributed by atoms with Gasteiger partial charge in [0.2, 0.25) is 0 Å². The first kappa shape index (κ1) is 17.2. The van der Waals surface area contributed by atoms with Crippen molar-refractivity contribution in [2.45, 2.75) is 12.8 Å². The maximum absolute atomic E-state index is 12.0. The van der Waals surface area contributed by atoms with Gasteiger partial charge in [-0.3, -0.25) is 4.79 Å². The molecule has 6 heteroatoms. The summed E-state index contributed by atoms with van der Waals surface area (Å²) in [6.45, 7) is 3.25. The molecule has 1 aliphatic rings. The lowest BCUT2D eigenvalue weighted by atomic mass is 9.79. The van der Waals surface area contributed by atoms with Crippen molar-refractivity contribution in [1.29, 1.82) is 0 Å². The van der Waals surface area contributed by atoms with Crippen LogP contribution in [0.15, 0.2) is 28.7 Å². The predicted octanol–water partition coefficient (Wildman–Crippen LogP) is 1.96. The Morgan fingerprint density at radius 2 is 2.18 bits per heavy atom. The number of ether oxygens (including phenoxy) is 2. The molecule has 122 valence electrons. The van der Waals surface area contributed by atoms with Crippen LogP contribution in [0.1, 0.15) is 12.8 Å². The smallest absolute Gasteiger partial charge is 0.257 e. The van der Waals surface area contributed by atoms with Crippen LogP contribution in [0.3, 0.4) is 0 Å². The van der Waals surface area contributed by atoms with Gasteiger partial charge in [-0.15, -0.1) is 0 Å². The van der Waals surface area contributed by atoms with E-state index in [0.717, 1.165) is 30.4 Å². The van der Waals surface area contributed by atoms with E-state index in [2.05, 4.69) is 26.6 Å². The van der Waals surface area contributed by atoms with Crippen LogP contribution in [-0.4, -0.2) is 45.9 Å². The molecule has 0 spiro atoms. The minimum atomic E-state index is -0.103. The van der Waals surface area contributed by atoms with Gasteiger partial charge in [0.05, 0.1) is 6.61 Å². The summed E-state index contributed by atoms with van der Waals surface area (Å²) in [5.74, 6) is 0.576. The summed E-state index contributed by atoms with van der Waals surface area (Å²) >= 11 is 3.38. The fraction of sp³-hybridized carbons (Fsp3) is 0.562. The van der Waals surface area contributed by atoms with Gasteiger partial charge in [0.15, 0.2) is 6.61 Å². The number of carbonyl (C=O) groups excluding carboxylic acids is 1. The molecule has 0 saturated carbocycles. The van der Waals surface area contributed by atoms with Crippen LogP contribution in [0, 0.1) is 5.41 Å². The average molecular weight is 371 g/mol. The number of methoxy groups -OCH3 is 1. The number of hydrogen-bond acceptors (Lipinski definition) is 4. The van der Waals surface area contributed by atoms with Gasteiger partial charge in [-0.2, -0.15) is 0 Å². The normalized spacial score (nSPS) is 17.0. The summed E-state index contributed by atoms with van der Waals surface area (Å²) in [7, 11) is 1.71. The zero-order chi connectivity index (χ0) is 15.8. The Hall–Kier alpha value is -1.11. The van der Waals surface area contributed by atoms with Crippen molar-refractivity contribution in [2.24, 2.45) is 5.41 Å². The lowest BCUT2D eigenvalue weighted by Gasteiger charge is -2.37. The number of carbonyl (C=O) groups is 1. The Kier molecular flexibility index (Phi) is 6.67. The summed E-state index contributed by atoms with van der Waals surface area (Å²) in [6, 6.07) is 7.46. The maximum atomic E-state index is 12.0.